The summed E-state index contributed by atoms with van der Waals surface area (Å²) in [6, 6.07) is 8.60. The first-order valence-corrected chi connectivity index (χ1v) is 5.51. The number of ether oxygens (including phenoxy) is 1. The normalized spacial score (nSPS) is 10.2. The van der Waals surface area contributed by atoms with Gasteiger partial charge in [-0.15, -0.1) is 0 Å². The van der Waals surface area contributed by atoms with Gasteiger partial charge in [0.05, 0.1) is 5.69 Å². The van der Waals surface area contributed by atoms with Gasteiger partial charge in [0.15, 0.2) is 17.3 Å². The Hall–Kier alpha value is -2.10. The summed E-state index contributed by atoms with van der Waals surface area (Å²) < 4.78 is 32.1. The van der Waals surface area contributed by atoms with Gasteiger partial charge in [0, 0.05) is 13.1 Å². The maximum atomic E-state index is 13.6. The molecule has 2 aromatic carbocycles. The van der Waals surface area contributed by atoms with Gasteiger partial charge < -0.3 is 10.1 Å². The molecule has 18 heavy (non-hydrogen) atoms. The molecule has 2 rings (SSSR count). The van der Waals surface area contributed by atoms with Crippen LogP contribution in [0.15, 0.2) is 36.4 Å². The predicted molar refractivity (Wildman–Crippen MR) is 67.2 cm³/mol. The second-order valence-corrected chi connectivity index (χ2v) is 3.93. The van der Waals surface area contributed by atoms with Crippen LogP contribution in [-0.4, -0.2) is 7.05 Å². The van der Waals surface area contributed by atoms with Crippen molar-refractivity contribution < 1.29 is 13.5 Å². The van der Waals surface area contributed by atoms with Crippen LogP contribution in [0.25, 0.3) is 0 Å². The van der Waals surface area contributed by atoms with Crippen molar-refractivity contribution in [1.82, 2.24) is 0 Å². The summed E-state index contributed by atoms with van der Waals surface area (Å²) >= 11 is 0. The van der Waals surface area contributed by atoms with E-state index in [1.165, 1.54) is 18.2 Å². The molecule has 4 heteroatoms. The third kappa shape index (κ3) is 2.59. The first-order chi connectivity index (χ1) is 8.60. The van der Waals surface area contributed by atoms with Crippen molar-refractivity contribution in [1.29, 1.82) is 0 Å². The van der Waals surface area contributed by atoms with Crippen LogP contribution in [0.5, 0.6) is 11.5 Å². The summed E-state index contributed by atoms with van der Waals surface area (Å²) in [5, 5.41) is 2.86. The van der Waals surface area contributed by atoms with E-state index in [1.807, 2.05) is 6.92 Å². The van der Waals surface area contributed by atoms with Gasteiger partial charge in [-0.3, -0.25) is 0 Å². The molecule has 0 bridgehead atoms. The molecular formula is C14H13F2NO. The Morgan fingerprint density at radius 1 is 1.00 bits per heavy atom. The molecular weight excluding hydrogens is 236 g/mol. The molecule has 0 unspecified atom stereocenters. The average Bonchev–Trinajstić information content (AvgIpc) is 2.34. The SMILES string of the molecule is CNc1ccc(F)cc1Oc1cc(C)ccc1F. The molecule has 0 fully saturated rings. The maximum absolute atomic E-state index is 13.6. The first kappa shape index (κ1) is 12.4. The number of nitrogens with one attached hydrogen (secondary N) is 1. The van der Waals surface area contributed by atoms with Crippen molar-refractivity contribution in [2.24, 2.45) is 0 Å². The van der Waals surface area contributed by atoms with Gasteiger partial charge in [0.2, 0.25) is 0 Å². The molecule has 0 aliphatic heterocycles. The van der Waals surface area contributed by atoms with E-state index >= 15 is 0 Å². The van der Waals surface area contributed by atoms with E-state index in [0.29, 0.717) is 5.69 Å². The van der Waals surface area contributed by atoms with E-state index in [0.717, 1.165) is 5.56 Å². The molecule has 1 N–H and O–H groups in total. The Morgan fingerprint density at radius 3 is 2.50 bits per heavy atom. The number of halogens is 2. The summed E-state index contributed by atoms with van der Waals surface area (Å²) in [4.78, 5) is 0. The average molecular weight is 249 g/mol. The highest BCUT2D eigenvalue weighted by atomic mass is 19.1. The standard InChI is InChI=1S/C14H13F2NO/c1-9-3-5-11(16)13(7-9)18-14-8-10(15)4-6-12(14)17-2/h3-8,17H,1-2H3. The van der Waals surface area contributed by atoms with E-state index in [1.54, 1.807) is 25.2 Å². The van der Waals surface area contributed by atoms with E-state index in [2.05, 4.69) is 5.32 Å². The zero-order valence-electron chi connectivity index (χ0n) is 10.1. The summed E-state index contributed by atoms with van der Waals surface area (Å²) in [5.41, 5.74) is 1.46. The number of hydrogen-bond donors (Lipinski definition) is 1. The molecule has 0 amide bonds. The quantitative estimate of drug-likeness (QED) is 0.883. The van der Waals surface area contributed by atoms with Crippen LogP contribution in [0.2, 0.25) is 0 Å². The highest BCUT2D eigenvalue weighted by Crippen LogP contribution is 2.31. The molecule has 0 aromatic heterocycles. The zero-order chi connectivity index (χ0) is 13.1. The molecule has 0 saturated carbocycles. The molecule has 0 saturated heterocycles. The predicted octanol–water partition coefficient (Wildman–Crippen LogP) is 4.11. The van der Waals surface area contributed by atoms with Gasteiger partial charge in [-0.1, -0.05) is 6.07 Å². The number of aryl methyl sites for hydroxylation is 1. The van der Waals surface area contributed by atoms with Gasteiger partial charge >= 0.3 is 0 Å². The van der Waals surface area contributed by atoms with Gasteiger partial charge in [0.1, 0.15) is 5.82 Å². The van der Waals surface area contributed by atoms with Crippen molar-refractivity contribution >= 4 is 5.69 Å². The lowest BCUT2D eigenvalue weighted by Gasteiger charge is -2.12. The fourth-order valence-corrected chi connectivity index (χ4v) is 1.59. The van der Waals surface area contributed by atoms with E-state index in [4.69, 9.17) is 4.74 Å². The summed E-state index contributed by atoms with van der Waals surface area (Å²) in [7, 11) is 1.69. The van der Waals surface area contributed by atoms with Crippen molar-refractivity contribution in [3.05, 3.63) is 53.6 Å². The number of hydrogen-bond acceptors (Lipinski definition) is 2. The minimum atomic E-state index is -0.480. The summed E-state index contributed by atoms with van der Waals surface area (Å²) in [5.74, 6) is -0.580. The summed E-state index contributed by atoms with van der Waals surface area (Å²) in [6.45, 7) is 1.83. The zero-order valence-corrected chi connectivity index (χ0v) is 10.1. The van der Waals surface area contributed by atoms with E-state index < -0.39 is 11.6 Å². The lowest BCUT2D eigenvalue weighted by molar-refractivity contribution is 0.440. The smallest absolute Gasteiger partial charge is 0.165 e. The van der Waals surface area contributed by atoms with Gasteiger partial charge in [-0.05, 0) is 36.8 Å². The first-order valence-electron chi connectivity index (χ1n) is 5.51. The molecule has 0 spiro atoms. The van der Waals surface area contributed by atoms with Crippen LogP contribution in [0.3, 0.4) is 0 Å². The second-order valence-electron chi connectivity index (χ2n) is 3.93. The largest absolute Gasteiger partial charge is 0.452 e. The van der Waals surface area contributed by atoms with E-state index in [9.17, 15) is 8.78 Å². The topological polar surface area (TPSA) is 21.3 Å². The van der Waals surface area contributed by atoms with Crippen LogP contribution in [0.1, 0.15) is 5.56 Å². The molecule has 0 radical (unpaired) electrons. The Bertz CT molecular complexity index is 570. The minimum Gasteiger partial charge on any atom is -0.452 e. The van der Waals surface area contributed by atoms with Crippen LogP contribution in [-0.2, 0) is 0 Å². The Kier molecular flexibility index (Phi) is 3.46. The highest BCUT2D eigenvalue weighted by molar-refractivity contribution is 5.57. The lowest BCUT2D eigenvalue weighted by atomic mass is 10.2. The highest BCUT2D eigenvalue weighted by Gasteiger charge is 2.09. The van der Waals surface area contributed by atoms with Crippen molar-refractivity contribution in [2.45, 2.75) is 6.92 Å². The third-order valence-corrected chi connectivity index (χ3v) is 2.52. The molecule has 0 atom stereocenters. The lowest BCUT2D eigenvalue weighted by Crippen LogP contribution is -1.96. The van der Waals surface area contributed by atoms with Crippen LogP contribution in [0, 0.1) is 18.6 Å². The molecule has 2 aromatic rings. The van der Waals surface area contributed by atoms with Crippen molar-refractivity contribution in [3.8, 4) is 11.5 Å². The van der Waals surface area contributed by atoms with Crippen LogP contribution < -0.4 is 10.1 Å². The number of anilines is 1. The molecule has 0 aliphatic carbocycles. The minimum absolute atomic E-state index is 0.0806. The molecule has 0 aliphatic rings. The summed E-state index contributed by atoms with van der Waals surface area (Å²) in [6.07, 6.45) is 0. The Morgan fingerprint density at radius 2 is 1.78 bits per heavy atom. The molecule has 94 valence electrons. The van der Waals surface area contributed by atoms with Crippen molar-refractivity contribution in [2.75, 3.05) is 12.4 Å². The fraction of sp³-hybridized carbons (Fsp3) is 0.143. The van der Waals surface area contributed by atoms with Crippen LogP contribution >= 0.6 is 0 Å². The maximum Gasteiger partial charge on any atom is 0.165 e. The fourth-order valence-electron chi connectivity index (χ4n) is 1.59. The molecule has 2 nitrogen and oxygen atoms in total. The van der Waals surface area contributed by atoms with Gasteiger partial charge in [0.25, 0.3) is 0 Å². The van der Waals surface area contributed by atoms with Gasteiger partial charge in [-0.25, -0.2) is 8.78 Å². The van der Waals surface area contributed by atoms with E-state index in [-0.39, 0.29) is 11.5 Å². The van der Waals surface area contributed by atoms with Gasteiger partial charge in [-0.2, -0.15) is 0 Å². The Balaban J connectivity index is 2.38. The second kappa shape index (κ2) is 5.04. The molecule has 0 heterocycles. The monoisotopic (exact) mass is 249 g/mol. The van der Waals surface area contributed by atoms with Crippen molar-refractivity contribution in [3.63, 3.8) is 0 Å². The number of benzene rings is 2. The van der Waals surface area contributed by atoms with Crippen LogP contribution in [0.4, 0.5) is 14.5 Å². The third-order valence-electron chi connectivity index (χ3n) is 2.52. The number of rotatable bonds is 3. The Labute approximate surface area is 104 Å².